The Bertz CT molecular complexity index is 484. The molecule has 0 saturated heterocycles. The van der Waals surface area contributed by atoms with Gasteiger partial charge in [-0.1, -0.05) is 12.8 Å². The van der Waals surface area contributed by atoms with Crippen molar-refractivity contribution in [2.45, 2.75) is 25.7 Å². The molecular weight excluding hydrogens is 322 g/mol. The molecule has 0 radical (unpaired) electrons. The van der Waals surface area contributed by atoms with Crippen molar-refractivity contribution in [1.82, 2.24) is 5.32 Å². The number of hydrogen-bond acceptors (Lipinski definition) is 3. The monoisotopic (exact) mass is 341 g/mol. The molecule has 0 spiro atoms. The van der Waals surface area contributed by atoms with E-state index in [4.69, 9.17) is 4.74 Å². The lowest BCUT2D eigenvalue weighted by Crippen LogP contribution is -2.38. The summed E-state index contributed by atoms with van der Waals surface area (Å²) >= 11 is 3.37. The number of carbonyl (C=O) groups excluding carboxylic acids is 1. The zero-order valence-corrected chi connectivity index (χ0v) is 13.2. The standard InChI is InChI=1S/C15H20BrNO3/c1-20-13-5-4-11(8-12(13)16)14(19)17-9-15(10-18)6-2-3-7-15/h4-5,8,18H,2-3,6-7,9-10H2,1H3,(H,17,19). The van der Waals surface area contributed by atoms with E-state index in [1.165, 1.54) is 0 Å². The SMILES string of the molecule is COc1ccc(C(=O)NCC2(CO)CCCC2)cc1Br. The fourth-order valence-electron chi connectivity index (χ4n) is 2.69. The molecule has 1 aliphatic carbocycles. The molecule has 2 N–H and O–H groups in total. The van der Waals surface area contributed by atoms with Gasteiger partial charge in [-0.05, 0) is 47.0 Å². The Morgan fingerprint density at radius 3 is 2.70 bits per heavy atom. The first kappa shape index (κ1) is 15.3. The molecule has 1 aromatic rings. The normalized spacial score (nSPS) is 16.9. The highest BCUT2D eigenvalue weighted by molar-refractivity contribution is 9.10. The van der Waals surface area contributed by atoms with E-state index in [-0.39, 0.29) is 17.9 Å². The minimum absolute atomic E-state index is 0.118. The molecule has 110 valence electrons. The van der Waals surface area contributed by atoms with Crippen molar-refractivity contribution in [2.75, 3.05) is 20.3 Å². The van der Waals surface area contributed by atoms with E-state index in [1.54, 1.807) is 25.3 Å². The predicted molar refractivity (Wildman–Crippen MR) is 81.0 cm³/mol. The van der Waals surface area contributed by atoms with Gasteiger partial charge in [0.1, 0.15) is 5.75 Å². The van der Waals surface area contributed by atoms with Gasteiger partial charge >= 0.3 is 0 Å². The molecule has 1 aromatic carbocycles. The van der Waals surface area contributed by atoms with Crippen LogP contribution in [-0.2, 0) is 0 Å². The lowest BCUT2D eigenvalue weighted by Gasteiger charge is -2.26. The molecule has 20 heavy (non-hydrogen) atoms. The summed E-state index contributed by atoms with van der Waals surface area (Å²) in [7, 11) is 1.59. The summed E-state index contributed by atoms with van der Waals surface area (Å²) in [5.74, 6) is 0.581. The van der Waals surface area contributed by atoms with Gasteiger partial charge in [0.25, 0.3) is 5.91 Å². The second-order valence-electron chi connectivity index (χ2n) is 5.40. The van der Waals surface area contributed by atoms with Crippen LogP contribution < -0.4 is 10.1 Å². The second-order valence-corrected chi connectivity index (χ2v) is 6.25. The van der Waals surface area contributed by atoms with Gasteiger partial charge in [-0.15, -0.1) is 0 Å². The third kappa shape index (κ3) is 3.33. The fourth-order valence-corrected chi connectivity index (χ4v) is 3.23. The lowest BCUT2D eigenvalue weighted by atomic mass is 9.87. The average molecular weight is 342 g/mol. The van der Waals surface area contributed by atoms with Crippen molar-refractivity contribution in [3.63, 3.8) is 0 Å². The van der Waals surface area contributed by atoms with Crippen LogP contribution in [0.25, 0.3) is 0 Å². The Balaban J connectivity index is 1.99. The van der Waals surface area contributed by atoms with E-state index >= 15 is 0 Å². The Morgan fingerprint density at radius 1 is 1.45 bits per heavy atom. The molecular formula is C15H20BrNO3. The van der Waals surface area contributed by atoms with E-state index < -0.39 is 0 Å². The molecule has 1 fully saturated rings. The smallest absolute Gasteiger partial charge is 0.251 e. The topological polar surface area (TPSA) is 58.6 Å². The van der Waals surface area contributed by atoms with E-state index in [0.717, 1.165) is 30.2 Å². The van der Waals surface area contributed by atoms with Gasteiger partial charge in [0, 0.05) is 17.5 Å². The zero-order chi connectivity index (χ0) is 14.6. The molecule has 2 rings (SSSR count). The first-order valence-electron chi connectivity index (χ1n) is 6.83. The predicted octanol–water partition coefficient (Wildman–Crippen LogP) is 2.74. The summed E-state index contributed by atoms with van der Waals surface area (Å²) in [5.41, 5.74) is 0.461. The van der Waals surface area contributed by atoms with Gasteiger partial charge in [0.2, 0.25) is 0 Å². The molecule has 4 nitrogen and oxygen atoms in total. The Kier molecular flexibility index (Phi) is 5.05. The number of rotatable bonds is 5. The summed E-state index contributed by atoms with van der Waals surface area (Å²) < 4.78 is 5.90. The molecule has 0 heterocycles. The summed E-state index contributed by atoms with van der Waals surface area (Å²) in [6.07, 6.45) is 4.22. The van der Waals surface area contributed by atoms with Crippen molar-refractivity contribution < 1.29 is 14.6 Å². The molecule has 1 saturated carbocycles. The second kappa shape index (κ2) is 6.59. The molecule has 0 aliphatic heterocycles. The molecule has 5 heteroatoms. The largest absolute Gasteiger partial charge is 0.496 e. The minimum atomic E-state index is -0.126. The number of aliphatic hydroxyl groups excluding tert-OH is 1. The molecule has 1 amide bonds. The number of methoxy groups -OCH3 is 1. The number of amides is 1. The number of ether oxygens (including phenoxy) is 1. The number of nitrogens with one attached hydrogen (secondary N) is 1. The van der Waals surface area contributed by atoms with Crippen molar-refractivity contribution in [1.29, 1.82) is 0 Å². The van der Waals surface area contributed by atoms with Crippen molar-refractivity contribution in [3.8, 4) is 5.75 Å². The minimum Gasteiger partial charge on any atom is -0.496 e. The van der Waals surface area contributed by atoms with Crippen LogP contribution in [-0.4, -0.2) is 31.3 Å². The van der Waals surface area contributed by atoms with Crippen molar-refractivity contribution in [2.24, 2.45) is 5.41 Å². The quantitative estimate of drug-likeness (QED) is 0.865. The summed E-state index contributed by atoms with van der Waals surface area (Å²) in [6, 6.07) is 5.24. The number of benzene rings is 1. The maximum absolute atomic E-state index is 12.2. The van der Waals surface area contributed by atoms with Gasteiger partial charge in [-0.25, -0.2) is 0 Å². The van der Waals surface area contributed by atoms with Crippen LogP contribution in [0.5, 0.6) is 5.75 Å². The number of hydrogen-bond donors (Lipinski definition) is 2. The van der Waals surface area contributed by atoms with E-state index in [9.17, 15) is 9.90 Å². The number of carbonyl (C=O) groups is 1. The maximum Gasteiger partial charge on any atom is 0.251 e. The van der Waals surface area contributed by atoms with E-state index in [0.29, 0.717) is 17.9 Å². The van der Waals surface area contributed by atoms with Gasteiger partial charge in [0.15, 0.2) is 0 Å². The van der Waals surface area contributed by atoms with Gasteiger partial charge < -0.3 is 15.2 Å². The van der Waals surface area contributed by atoms with Gasteiger partial charge in [-0.2, -0.15) is 0 Å². The molecule has 0 atom stereocenters. The molecule has 1 aliphatic rings. The Morgan fingerprint density at radius 2 is 2.15 bits per heavy atom. The van der Waals surface area contributed by atoms with Crippen LogP contribution in [0.15, 0.2) is 22.7 Å². The Hall–Kier alpha value is -1.07. The van der Waals surface area contributed by atoms with Gasteiger partial charge in [-0.3, -0.25) is 4.79 Å². The maximum atomic E-state index is 12.2. The van der Waals surface area contributed by atoms with Crippen LogP contribution >= 0.6 is 15.9 Å². The van der Waals surface area contributed by atoms with Crippen molar-refractivity contribution in [3.05, 3.63) is 28.2 Å². The number of aliphatic hydroxyl groups is 1. The first-order valence-corrected chi connectivity index (χ1v) is 7.62. The highest BCUT2D eigenvalue weighted by atomic mass is 79.9. The Labute approximate surface area is 127 Å². The molecule has 0 unspecified atom stereocenters. The summed E-state index contributed by atoms with van der Waals surface area (Å²) in [4.78, 5) is 12.2. The zero-order valence-electron chi connectivity index (χ0n) is 11.6. The van der Waals surface area contributed by atoms with Gasteiger partial charge in [0.05, 0.1) is 18.2 Å². The lowest BCUT2D eigenvalue weighted by molar-refractivity contribution is 0.0880. The van der Waals surface area contributed by atoms with Crippen LogP contribution in [0.1, 0.15) is 36.0 Å². The summed E-state index contributed by atoms with van der Waals surface area (Å²) in [5, 5.41) is 12.5. The third-order valence-corrected chi connectivity index (χ3v) is 4.66. The first-order chi connectivity index (χ1) is 9.60. The molecule has 0 bridgehead atoms. The van der Waals surface area contributed by atoms with Crippen LogP contribution in [0.2, 0.25) is 0 Å². The van der Waals surface area contributed by atoms with E-state index in [1.807, 2.05) is 0 Å². The number of halogens is 1. The highest BCUT2D eigenvalue weighted by Gasteiger charge is 2.33. The molecule has 0 aromatic heterocycles. The van der Waals surface area contributed by atoms with Crippen molar-refractivity contribution >= 4 is 21.8 Å². The fraction of sp³-hybridized carbons (Fsp3) is 0.533. The van der Waals surface area contributed by atoms with Crippen LogP contribution in [0, 0.1) is 5.41 Å². The van der Waals surface area contributed by atoms with Crippen LogP contribution in [0.3, 0.4) is 0 Å². The third-order valence-electron chi connectivity index (χ3n) is 4.04. The van der Waals surface area contributed by atoms with Crippen LogP contribution in [0.4, 0.5) is 0 Å². The highest BCUT2D eigenvalue weighted by Crippen LogP contribution is 2.37. The summed E-state index contributed by atoms with van der Waals surface area (Å²) in [6.45, 7) is 0.672. The average Bonchev–Trinajstić information content (AvgIpc) is 2.94. The van der Waals surface area contributed by atoms with E-state index in [2.05, 4.69) is 21.2 Å².